The van der Waals surface area contributed by atoms with Crippen molar-refractivity contribution in [1.82, 2.24) is 4.90 Å². The van der Waals surface area contributed by atoms with Gasteiger partial charge in [0.05, 0.1) is 29.8 Å². The number of carbonyl (C=O) groups excluding carboxylic acids is 1. The smallest absolute Gasteiger partial charge is 0.176 e. The third kappa shape index (κ3) is 2.46. The highest BCUT2D eigenvalue weighted by atomic mass is 35.5. The van der Waals surface area contributed by atoms with E-state index in [1.165, 1.54) is 0 Å². The Bertz CT molecular complexity index is 988. The van der Waals surface area contributed by atoms with Gasteiger partial charge in [0.2, 0.25) is 0 Å². The molecule has 3 aliphatic rings. The number of benzene rings is 1. The molecular weight excluding hydrogens is 360 g/mol. The van der Waals surface area contributed by atoms with E-state index < -0.39 is 23.4 Å². The molecule has 27 heavy (non-hydrogen) atoms. The van der Waals surface area contributed by atoms with Crippen LogP contribution in [0.25, 0.3) is 0 Å². The molecular formula is C21H15ClN4O. The number of halogens is 1. The maximum absolute atomic E-state index is 13.2. The Hall–Kier alpha value is -3.07. The average Bonchev–Trinajstić information content (AvgIpc) is 3.50. The summed E-state index contributed by atoms with van der Waals surface area (Å²) in [6, 6.07) is 12.2. The van der Waals surface area contributed by atoms with Crippen LogP contribution in [-0.4, -0.2) is 22.8 Å². The van der Waals surface area contributed by atoms with Crippen molar-refractivity contribution in [2.75, 3.05) is 0 Å². The number of fused-ring (bicyclic) bond motifs is 1. The molecule has 0 N–H and O–H groups in total. The van der Waals surface area contributed by atoms with Gasteiger partial charge in [0.15, 0.2) is 11.2 Å². The minimum Gasteiger partial charge on any atom is -0.356 e. The van der Waals surface area contributed by atoms with Crippen LogP contribution >= 0.6 is 11.6 Å². The third-order valence-corrected chi connectivity index (χ3v) is 6.02. The SMILES string of the molecule is N#CC1=CN2[C@H](C(=O)C3CC3)[C@@H](c3ccccc3Cl)C(C#N)(C#N)[C@@H]2C=C1. The molecule has 0 unspecified atom stereocenters. The topological polar surface area (TPSA) is 91.7 Å². The molecule has 5 nitrogen and oxygen atoms in total. The van der Waals surface area contributed by atoms with Gasteiger partial charge in [0.25, 0.3) is 0 Å². The largest absolute Gasteiger partial charge is 0.356 e. The highest BCUT2D eigenvalue weighted by Gasteiger charge is 2.63. The van der Waals surface area contributed by atoms with Crippen molar-refractivity contribution in [2.24, 2.45) is 11.3 Å². The van der Waals surface area contributed by atoms with Gasteiger partial charge in [-0.2, -0.15) is 15.8 Å². The van der Waals surface area contributed by atoms with Crippen molar-refractivity contribution in [3.05, 3.63) is 58.8 Å². The first-order valence-electron chi connectivity index (χ1n) is 8.75. The fourth-order valence-corrected chi connectivity index (χ4v) is 4.50. The molecule has 4 rings (SSSR count). The molecule has 0 aromatic heterocycles. The first kappa shape index (κ1) is 17.3. The summed E-state index contributed by atoms with van der Waals surface area (Å²) in [6.45, 7) is 0. The number of hydrogen-bond donors (Lipinski definition) is 0. The average molecular weight is 375 g/mol. The number of rotatable bonds is 3. The van der Waals surface area contributed by atoms with Crippen LogP contribution in [0.1, 0.15) is 24.3 Å². The zero-order chi connectivity index (χ0) is 19.2. The van der Waals surface area contributed by atoms with Crippen molar-refractivity contribution in [1.29, 1.82) is 15.8 Å². The van der Waals surface area contributed by atoms with Crippen LogP contribution in [0, 0.1) is 45.3 Å². The van der Waals surface area contributed by atoms with Crippen LogP contribution in [0.4, 0.5) is 0 Å². The molecule has 0 spiro atoms. The van der Waals surface area contributed by atoms with E-state index in [2.05, 4.69) is 18.2 Å². The molecule has 1 aromatic rings. The highest BCUT2D eigenvalue weighted by molar-refractivity contribution is 6.31. The summed E-state index contributed by atoms with van der Waals surface area (Å²) in [4.78, 5) is 15.0. The second-order valence-corrected chi connectivity index (χ2v) is 7.57. The molecule has 1 aliphatic carbocycles. The van der Waals surface area contributed by atoms with E-state index in [4.69, 9.17) is 11.6 Å². The Morgan fingerprint density at radius 1 is 1.19 bits per heavy atom. The summed E-state index contributed by atoms with van der Waals surface area (Å²) in [6.07, 6.45) is 6.54. The summed E-state index contributed by atoms with van der Waals surface area (Å²) in [5.41, 5.74) is -0.464. The number of hydrogen-bond acceptors (Lipinski definition) is 5. The molecule has 1 aromatic carbocycles. The summed E-state index contributed by atoms with van der Waals surface area (Å²) in [7, 11) is 0. The van der Waals surface area contributed by atoms with Gasteiger partial charge in [-0.3, -0.25) is 4.79 Å². The van der Waals surface area contributed by atoms with Gasteiger partial charge < -0.3 is 4.90 Å². The van der Waals surface area contributed by atoms with Crippen LogP contribution in [0.2, 0.25) is 5.02 Å². The molecule has 0 radical (unpaired) electrons. The zero-order valence-electron chi connectivity index (χ0n) is 14.3. The Kier molecular flexibility index (Phi) is 4.03. The fraction of sp³-hybridized carbons (Fsp3) is 0.333. The van der Waals surface area contributed by atoms with Gasteiger partial charge in [-0.1, -0.05) is 35.9 Å². The molecule has 0 bridgehead atoms. The van der Waals surface area contributed by atoms with Crippen LogP contribution in [-0.2, 0) is 4.79 Å². The summed E-state index contributed by atoms with van der Waals surface area (Å²) in [5.74, 6) is -0.738. The van der Waals surface area contributed by atoms with Gasteiger partial charge in [-0.15, -0.1) is 0 Å². The number of nitriles is 3. The molecule has 6 heteroatoms. The van der Waals surface area contributed by atoms with E-state index in [0.29, 0.717) is 16.2 Å². The minimum atomic E-state index is -1.48. The van der Waals surface area contributed by atoms with Crippen molar-refractivity contribution in [2.45, 2.75) is 30.8 Å². The van der Waals surface area contributed by atoms with Crippen molar-refractivity contribution in [3.63, 3.8) is 0 Å². The van der Waals surface area contributed by atoms with Gasteiger partial charge >= 0.3 is 0 Å². The van der Waals surface area contributed by atoms with Crippen molar-refractivity contribution < 1.29 is 4.79 Å². The number of allylic oxidation sites excluding steroid dienone is 2. The van der Waals surface area contributed by atoms with Crippen LogP contribution < -0.4 is 0 Å². The molecule has 132 valence electrons. The lowest BCUT2D eigenvalue weighted by Gasteiger charge is -2.30. The molecule has 2 fully saturated rings. The Labute approximate surface area is 162 Å². The lowest BCUT2D eigenvalue weighted by Crippen LogP contribution is -2.40. The first-order valence-corrected chi connectivity index (χ1v) is 9.13. The molecule has 2 heterocycles. The Morgan fingerprint density at radius 3 is 2.48 bits per heavy atom. The molecule has 1 saturated heterocycles. The normalized spacial score (nSPS) is 27.7. The molecule has 0 amide bonds. The number of Topliss-reactive ketones (excluding diaryl/α,β-unsaturated/α-hetero) is 1. The summed E-state index contributed by atoms with van der Waals surface area (Å²) >= 11 is 6.43. The third-order valence-electron chi connectivity index (χ3n) is 5.67. The van der Waals surface area contributed by atoms with E-state index in [-0.39, 0.29) is 11.7 Å². The number of carbonyl (C=O) groups is 1. The molecule has 3 atom stereocenters. The van der Waals surface area contributed by atoms with Gasteiger partial charge in [-0.05, 0) is 30.5 Å². The van der Waals surface area contributed by atoms with E-state index >= 15 is 0 Å². The summed E-state index contributed by atoms with van der Waals surface area (Å²) < 4.78 is 0. The maximum Gasteiger partial charge on any atom is 0.176 e. The van der Waals surface area contributed by atoms with E-state index in [1.54, 1.807) is 47.5 Å². The first-order chi connectivity index (χ1) is 13.1. The number of nitrogens with zero attached hydrogens (tertiary/aromatic N) is 4. The van der Waals surface area contributed by atoms with Gasteiger partial charge in [0, 0.05) is 23.1 Å². The van der Waals surface area contributed by atoms with E-state index in [0.717, 1.165) is 12.8 Å². The summed E-state index contributed by atoms with van der Waals surface area (Å²) in [5, 5.41) is 29.9. The van der Waals surface area contributed by atoms with Crippen molar-refractivity contribution >= 4 is 17.4 Å². The fourth-order valence-electron chi connectivity index (χ4n) is 4.25. The molecule has 2 aliphatic heterocycles. The predicted molar refractivity (Wildman–Crippen MR) is 97.8 cm³/mol. The zero-order valence-corrected chi connectivity index (χ0v) is 15.1. The maximum atomic E-state index is 13.2. The van der Waals surface area contributed by atoms with Crippen LogP contribution in [0.15, 0.2) is 48.2 Å². The second-order valence-electron chi connectivity index (χ2n) is 7.16. The van der Waals surface area contributed by atoms with Crippen LogP contribution in [0.3, 0.4) is 0 Å². The quantitative estimate of drug-likeness (QED) is 0.807. The Morgan fingerprint density at radius 2 is 1.89 bits per heavy atom. The van der Waals surface area contributed by atoms with Crippen LogP contribution in [0.5, 0.6) is 0 Å². The Balaban J connectivity index is 1.96. The second kappa shape index (κ2) is 6.27. The molecule has 1 saturated carbocycles. The van der Waals surface area contributed by atoms with Gasteiger partial charge in [0.1, 0.15) is 6.07 Å². The van der Waals surface area contributed by atoms with E-state index in [9.17, 15) is 20.6 Å². The van der Waals surface area contributed by atoms with Gasteiger partial charge in [-0.25, -0.2) is 0 Å². The monoisotopic (exact) mass is 374 g/mol. The van der Waals surface area contributed by atoms with Crippen molar-refractivity contribution in [3.8, 4) is 18.2 Å². The standard InChI is InChI=1S/C21H15ClN4O/c22-16-4-2-1-3-15(16)18-19(20(27)14-6-7-14)26-10-13(9-23)5-8-17(26)21(18,11-24)12-25/h1-5,8,10,14,17-19H,6-7H2/t17-,18+,19-/m0/s1. The highest BCUT2D eigenvalue weighted by Crippen LogP contribution is 2.55. The number of ketones is 1. The minimum absolute atomic E-state index is 0.0149. The lowest BCUT2D eigenvalue weighted by molar-refractivity contribution is -0.124. The lowest BCUT2D eigenvalue weighted by atomic mass is 9.69. The van der Waals surface area contributed by atoms with E-state index in [1.807, 2.05) is 0 Å². The predicted octanol–water partition coefficient (Wildman–Crippen LogP) is 3.47.